The van der Waals surface area contributed by atoms with Crippen LogP contribution in [-0.2, 0) is 13.6 Å². The van der Waals surface area contributed by atoms with Gasteiger partial charge in [-0.3, -0.25) is 4.68 Å². The molecule has 0 aliphatic rings. The zero-order valence-electron chi connectivity index (χ0n) is 13.5. The molecule has 0 saturated heterocycles. The minimum Gasteiger partial charge on any atom is -0.365 e. The van der Waals surface area contributed by atoms with Crippen molar-refractivity contribution in [3.63, 3.8) is 0 Å². The molecule has 0 aliphatic carbocycles. The van der Waals surface area contributed by atoms with Crippen LogP contribution in [0.4, 0.5) is 5.82 Å². The molecule has 0 radical (unpaired) electrons. The van der Waals surface area contributed by atoms with Gasteiger partial charge in [0, 0.05) is 30.2 Å². The van der Waals surface area contributed by atoms with Crippen molar-refractivity contribution in [2.24, 2.45) is 7.05 Å². The topological polar surface area (TPSA) is 55.6 Å². The van der Waals surface area contributed by atoms with E-state index >= 15 is 0 Å². The molecule has 5 nitrogen and oxygen atoms in total. The number of hydrogen-bond donors (Lipinski definition) is 1. The maximum atomic E-state index is 4.39. The lowest BCUT2D eigenvalue weighted by Gasteiger charge is -2.08. The van der Waals surface area contributed by atoms with E-state index < -0.39 is 0 Å². The van der Waals surface area contributed by atoms with E-state index in [0.717, 1.165) is 28.1 Å². The summed E-state index contributed by atoms with van der Waals surface area (Å²) >= 11 is 1.69. The summed E-state index contributed by atoms with van der Waals surface area (Å²) in [6.07, 6.45) is 5.52. The summed E-state index contributed by atoms with van der Waals surface area (Å²) in [4.78, 5) is 11.0. The van der Waals surface area contributed by atoms with E-state index in [4.69, 9.17) is 0 Å². The molecule has 4 aromatic rings. The van der Waals surface area contributed by atoms with Crippen molar-refractivity contribution in [3.8, 4) is 11.1 Å². The van der Waals surface area contributed by atoms with Crippen LogP contribution in [0.5, 0.6) is 0 Å². The number of fused-ring (bicyclic) bond motifs is 1. The highest BCUT2D eigenvalue weighted by atomic mass is 32.1. The third kappa shape index (κ3) is 2.88. The second-order valence-corrected chi connectivity index (χ2v) is 6.99. The smallest absolute Gasteiger partial charge is 0.138 e. The van der Waals surface area contributed by atoms with Gasteiger partial charge in [0.1, 0.15) is 17.0 Å². The van der Waals surface area contributed by atoms with Crippen LogP contribution in [-0.4, -0.2) is 19.7 Å². The van der Waals surface area contributed by atoms with Crippen molar-refractivity contribution in [1.82, 2.24) is 19.7 Å². The summed E-state index contributed by atoms with van der Waals surface area (Å²) in [5.41, 5.74) is 3.49. The highest BCUT2D eigenvalue weighted by molar-refractivity contribution is 7.18. The number of nitrogens with zero attached hydrogens (tertiary/aromatic N) is 4. The highest BCUT2D eigenvalue weighted by Crippen LogP contribution is 2.28. The fourth-order valence-electron chi connectivity index (χ4n) is 2.73. The zero-order chi connectivity index (χ0) is 16.5. The number of aryl methyl sites for hydroxylation is 2. The predicted octanol–water partition coefficient (Wildman–Crippen LogP) is 4.01. The molecular formula is C18H17N5S. The normalized spacial score (nSPS) is 11.1. The Morgan fingerprint density at radius 3 is 2.92 bits per heavy atom. The molecule has 6 heteroatoms. The van der Waals surface area contributed by atoms with Gasteiger partial charge in [-0.15, -0.1) is 11.3 Å². The molecule has 0 spiro atoms. The summed E-state index contributed by atoms with van der Waals surface area (Å²) in [5, 5.41) is 8.76. The third-order valence-electron chi connectivity index (χ3n) is 3.88. The van der Waals surface area contributed by atoms with Crippen LogP contribution in [0.1, 0.15) is 10.4 Å². The third-order valence-corrected chi connectivity index (χ3v) is 4.84. The number of hydrogen-bond acceptors (Lipinski definition) is 5. The number of rotatable bonds is 4. The minimum atomic E-state index is 0.717. The van der Waals surface area contributed by atoms with Crippen molar-refractivity contribution in [2.75, 3.05) is 5.32 Å². The van der Waals surface area contributed by atoms with Crippen LogP contribution in [0.15, 0.2) is 49.1 Å². The predicted molar refractivity (Wildman–Crippen MR) is 98.1 cm³/mol. The van der Waals surface area contributed by atoms with Crippen LogP contribution in [0.25, 0.3) is 21.3 Å². The Bertz CT molecular complexity index is 1000. The van der Waals surface area contributed by atoms with E-state index in [0.29, 0.717) is 0 Å². The van der Waals surface area contributed by atoms with Crippen LogP contribution >= 0.6 is 11.3 Å². The standard InChI is InChI=1S/C18H17N5S/c1-12-6-16-17(20-11-21-18(16)24-12)19-8-13-4-3-5-14(7-13)15-9-22-23(2)10-15/h3-7,9-11H,8H2,1-2H3,(H,19,20,21). The van der Waals surface area contributed by atoms with Gasteiger partial charge in [-0.25, -0.2) is 9.97 Å². The summed E-state index contributed by atoms with van der Waals surface area (Å²) in [6, 6.07) is 10.6. The molecule has 1 N–H and O–H groups in total. The Labute approximate surface area is 144 Å². The average Bonchev–Trinajstić information content (AvgIpc) is 3.18. The van der Waals surface area contributed by atoms with Gasteiger partial charge < -0.3 is 5.32 Å². The Morgan fingerprint density at radius 2 is 2.08 bits per heavy atom. The molecule has 0 bridgehead atoms. The Kier molecular flexibility index (Phi) is 3.74. The molecule has 0 atom stereocenters. The van der Waals surface area contributed by atoms with E-state index in [-0.39, 0.29) is 0 Å². The maximum Gasteiger partial charge on any atom is 0.138 e. The van der Waals surface area contributed by atoms with Crippen LogP contribution in [0.2, 0.25) is 0 Å². The number of aromatic nitrogens is 4. The highest BCUT2D eigenvalue weighted by Gasteiger charge is 2.07. The molecule has 1 aromatic carbocycles. The van der Waals surface area contributed by atoms with E-state index in [1.54, 1.807) is 17.7 Å². The van der Waals surface area contributed by atoms with Gasteiger partial charge in [0.2, 0.25) is 0 Å². The molecule has 0 aliphatic heterocycles. The first kappa shape index (κ1) is 14.8. The van der Waals surface area contributed by atoms with Gasteiger partial charge in [-0.1, -0.05) is 18.2 Å². The number of benzene rings is 1. The number of thiophene rings is 1. The van der Waals surface area contributed by atoms with Gasteiger partial charge in [0.15, 0.2) is 0 Å². The molecular weight excluding hydrogens is 318 g/mol. The second-order valence-electron chi connectivity index (χ2n) is 5.75. The quantitative estimate of drug-likeness (QED) is 0.612. The lowest BCUT2D eigenvalue weighted by Crippen LogP contribution is -2.02. The van der Waals surface area contributed by atoms with E-state index in [9.17, 15) is 0 Å². The second kappa shape index (κ2) is 6.05. The number of anilines is 1. The van der Waals surface area contributed by atoms with Crippen molar-refractivity contribution in [2.45, 2.75) is 13.5 Å². The molecule has 120 valence electrons. The molecule has 0 saturated carbocycles. The average molecular weight is 335 g/mol. The molecule has 0 amide bonds. The zero-order valence-corrected chi connectivity index (χ0v) is 14.3. The fourth-order valence-corrected chi connectivity index (χ4v) is 3.58. The minimum absolute atomic E-state index is 0.717. The van der Waals surface area contributed by atoms with Crippen molar-refractivity contribution < 1.29 is 0 Å². The monoisotopic (exact) mass is 335 g/mol. The first-order valence-electron chi connectivity index (χ1n) is 7.72. The summed E-state index contributed by atoms with van der Waals surface area (Å²) in [5.74, 6) is 0.885. The first-order chi connectivity index (χ1) is 11.7. The fraction of sp³-hybridized carbons (Fsp3) is 0.167. The summed E-state index contributed by atoms with van der Waals surface area (Å²) in [7, 11) is 1.93. The molecule has 4 rings (SSSR count). The van der Waals surface area contributed by atoms with Crippen LogP contribution in [0, 0.1) is 6.92 Å². The van der Waals surface area contributed by atoms with Gasteiger partial charge in [-0.2, -0.15) is 5.10 Å². The summed E-state index contributed by atoms with van der Waals surface area (Å²) < 4.78 is 1.82. The lowest BCUT2D eigenvalue weighted by molar-refractivity contribution is 0.768. The SMILES string of the molecule is Cc1cc2c(NCc3cccc(-c4cnn(C)c4)c3)ncnc2s1. The van der Waals surface area contributed by atoms with Crippen LogP contribution < -0.4 is 5.32 Å². The Hall–Kier alpha value is -2.73. The van der Waals surface area contributed by atoms with Crippen LogP contribution in [0.3, 0.4) is 0 Å². The van der Waals surface area contributed by atoms with Crippen molar-refractivity contribution >= 4 is 27.4 Å². The van der Waals surface area contributed by atoms with Crippen molar-refractivity contribution in [1.29, 1.82) is 0 Å². The number of nitrogens with one attached hydrogen (secondary N) is 1. The largest absolute Gasteiger partial charge is 0.365 e. The van der Waals surface area contributed by atoms with Gasteiger partial charge >= 0.3 is 0 Å². The Balaban J connectivity index is 1.57. The molecule has 24 heavy (non-hydrogen) atoms. The summed E-state index contributed by atoms with van der Waals surface area (Å²) in [6.45, 7) is 2.81. The molecule has 0 fully saturated rings. The van der Waals surface area contributed by atoms with Gasteiger partial charge in [0.05, 0.1) is 11.6 Å². The van der Waals surface area contributed by atoms with Gasteiger partial charge in [0.25, 0.3) is 0 Å². The molecule has 3 aromatic heterocycles. The van der Waals surface area contributed by atoms with Gasteiger partial charge in [-0.05, 0) is 30.2 Å². The lowest BCUT2D eigenvalue weighted by atomic mass is 10.1. The maximum absolute atomic E-state index is 4.39. The molecule has 3 heterocycles. The first-order valence-corrected chi connectivity index (χ1v) is 8.54. The Morgan fingerprint density at radius 1 is 1.17 bits per heavy atom. The van der Waals surface area contributed by atoms with E-state index in [1.165, 1.54) is 16.0 Å². The molecule has 0 unspecified atom stereocenters. The van der Waals surface area contributed by atoms with E-state index in [2.05, 4.69) is 57.6 Å². The van der Waals surface area contributed by atoms with Crippen molar-refractivity contribution in [3.05, 3.63) is 59.5 Å². The van der Waals surface area contributed by atoms with E-state index in [1.807, 2.05) is 24.1 Å².